The predicted octanol–water partition coefficient (Wildman–Crippen LogP) is 3.65. The summed E-state index contributed by atoms with van der Waals surface area (Å²) in [7, 11) is 0. The van der Waals surface area contributed by atoms with Gasteiger partial charge in [-0.3, -0.25) is 14.6 Å². The molecule has 0 aliphatic carbocycles. The van der Waals surface area contributed by atoms with Gasteiger partial charge in [-0.05, 0) is 40.8 Å². The average molecular weight is 399 g/mol. The first-order valence-electron chi connectivity index (χ1n) is 10.3. The van der Waals surface area contributed by atoms with Crippen LogP contribution in [0.25, 0.3) is 0 Å². The number of hydrogen-bond donors (Lipinski definition) is 1. The maximum atomic E-state index is 13.1. The molecule has 0 saturated heterocycles. The second kappa shape index (κ2) is 9.35. The molecule has 5 heteroatoms. The quantitative estimate of drug-likeness (QED) is 0.688. The molecule has 0 radical (unpaired) electrons. The molecule has 2 aromatic carbocycles. The van der Waals surface area contributed by atoms with E-state index >= 15 is 0 Å². The Morgan fingerprint density at radius 3 is 2.47 bits per heavy atom. The van der Waals surface area contributed by atoms with Crippen LogP contribution in [-0.2, 0) is 22.6 Å². The number of nitrogens with zero attached hydrogens (tertiary/aromatic N) is 2. The fourth-order valence-electron chi connectivity index (χ4n) is 3.98. The Bertz CT molecular complexity index is 1010. The van der Waals surface area contributed by atoms with E-state index in [-0.39, 0.29) is 30.7 Å². The van der Waals surface area contributed by atoms with Crippen molar-refractivity contribution in [3.63, 3.8) is 0 Å². The van der Waals surface area contributed by atoms with Gasteiger partial charge in [0.05, 0.1) is 6.04 Å². The third kappa shape index (κ3) is 4.57. The predicted molar refractivity (Wildman–Crippen MR) is 115 cm³/mol. The van der Waals surface area contributed by atoms with E-state index in [1.807, 2.05) is 47.4 Å². The molecule has 2 heterocycles. The normalized spacial score (nSPS) is 15.3. The van der Waals surface area contributed by atoms with E-state index in [9.17, 15) is 9.59 Å². The first-order chi connectivity index (χ1) is 14.7. The Balaban J connectivity index is 1.43. The third-order valence-corrected chi connectivity index (χ3v) is 5.52. The molecule has 1 N–H and O–H groups in total. The van der Waals surface area contributed by atoms with Crippen molar-refractivity contribution in [1.82, 2.24) is 15.2 Å². The lowest BCUT2D eigenvalue weighted by Gasteiger charge is -2.38. The zero-order chi connectivity index (χ0) is 20.8. The summed E-state index contributed by atoms with van der Waals surface area (Å²) in [6.07, 6.45) is 4.61. The van der Waals surface area contributed by atoms with Crippen LogP contribution in [-0.4, -0.2) is 28.2 Å². The SMILES string of the molecule is O=C(CCC(=O)N1CCc2ccccc2C1c1ccccc1)NCc1ccncc1. The molecule has 1 unspecified atom stereocenters. The number of amides is 2. The van der Waals surface area contributed by atoms with Crippen LogP contribution in [0.3, 0.4) is 0 Å². The van der Waals surface area contributed by atoms with E-state index in [1.165, 1.54) is 11.1 Å². The minimum absolute atomic E-state index is 0.0115. The van der Waals surface area contributed by atoms with Crippen LogP contribution in [0.5, 0.6) is 0 Å². The molecule has 0 spiro atoms. The number of aromatic nitrogens is 1. The van der Waals surface area contributed by atoms with Gasteiger partial charge in [0.2, 0.25) is 11.8 Å². The lowest BCUT2D eigenvalue weighted by atomic mass is 9.88. The van der Waals surface area contributed by atoms with Gasteiger partial charge in [-0.25, -0.2) is 0 Å². The van der Waals surface area contributed by atoms with Crippen molar-refractivity contribution in [3.05, 3.63) is 101 Å². The third-order valence-electron chi connectivity index (χ3n) is 5.52. The molecule has 1 aromatic heterocycles. The van der Waals surface area contributed by atoms with Crippen molar-refractivity contribution in [2.24, 2.45) is 0 Å². The molecular formula is C25H25N3O2. The summed E-state index contributed by atoms with van der Waals surface area (Å²) in [5.41, 5.74) is 4.54. The van der Waals surface area contributed by atoms with Crippen LogP contribution >= 0.6 is 0 Å². The number of benzene rings is 2. The molecule has 2 amide bonds. The molecule has 30 heavy (non-hydrogen) atoms. The van der Waals surface area contributed by atoms with Crippen LogP contribution in [0.4, 0.5) is 0 Å². The second-order valence-electron chi connectivity index (χ2n) is 7.48. The monoisotopic (exact) mass is 399 g/mol. The molecule has 0 bridgehead atoms. The van der Waals surface area contributed by atoms with Crippen molar-refractivity contribution in [2.45, 2.75) is 31.8 Å². The zero-order valence-electron chi connectivity index (χ0n) is 16.8. The van der Waals surface area contributed by atoms with Gasteiger partial charge in [0.1, 0.15) is 0 Å². The van der Waals surface area contributed by atoms with Gasteiger partial charge in [0, 0.05) is 38.3 Å². The number of carbonyl (C=O) groups excluding carboxylic acids is 2. The standard InChI is InChI=1S/C25H25N3O2/c29-23(27-18-19-12-15-26-16-13-19)10-11-24(30)28-17-14-20-6-4-5-9-22(20)25(28)21-7-2-1-3-8-21/h1-9,12-13,15-16,25H,10-11,14,17-18H2,(H,27,29). The molecule has 4 rings (SSSR count). The summed E-state index contributed by atoms with van der Waals surface area (Å²) >= 11 is 0. The van der Waals surface area contributed by atoms with E-state index in [0.29, 0.717) is 13.1 Å². The van der Waals surface area contributed by atoms with Crippen LogP contribution in [0, 0.1) is 0 Å². The Kier molecular flexibility index (Phi) is 6.18. The minimum Gasteiger partial charge on any atom is -0.352 e. The van der Waals surface area contributed by atoms with E-state index < -0.39 is 0 Å². The van der Waals surface area contributed by atoms with Gasteiger partial charge in [-0.2, -0.15) is 0 Å². The number of rotatable bonds is 6. The average Bonchev–Trinajstić information content (AvgIpc) is 2.81. The van der Waals surface area contributed by atoms with Crippen molar-refractivity contribution in [3.8, 4) is 0 Å². The summed E-state index contributed by atoms with van der Waals surface area (Å²) in [4.78, 5) is 31.3. The molecular weight excluding hydrogens is 374 g/mol. The minimum atomic E-state index is -0.117. The summed E-state index contributed by atoms with van der Waals surface area (Å²) in [6.45, 7) is 1.10. The first-order valence-corrected chi connectivity index (χ1v) is 10.3. The van der Waals surface area contributed by atoms with Gasteiger partial charge >= 0.3 is 0 Å². The highest BCUT2D eigenvalue weighted by Crippen LogP contribution is 2.35. The smallest absolute Gasteiger partial charge is 0.223 e. The summed E-state index contributed by atoms with van der Waals surface area (Å²) < 4.78 is 0. The maximum absolute atomic E-state index is 13.1. The van der Waals surface area contributed by atoms with E-state index in [1.54, 1.807) is 12.4 Å². The summed E-state index contributed by atoms with van der Waals surface area (Å²) in [5, 5.41) is 2.88. The van der Waals surface area contributed by atoms with Gasteiger partial charge in [0.25, 0.3) is 0 Å². The fraction of sp³-hybridized carbons (Fsp3) is 0.240. The van der Waals surface area contributed by atoms with E-state index in [4.69, 9.17) is 0 Å². The Hall–Kier alpha value is -3.47. The van der Waals surface area contributed by atoms with Gasteiger partial charge in [-0.15, -0.1) is 0 Å². The van der Waals surface area contributed by atoms with Crippen LogP contribution in [0.2, 0.25) is 0 Å². The van der Waals surface area contributed by atoms with Crippen molar-refractivity contribution in [1.29, 1.82) is 0 Å². The summed E-state index contributed by atoms with van der Waals surface area (Å²) in [5.74, 6) is -0.105. The first kappa shape index (κ1) is 19.8. The molecule has 0 fully saturated rings. The second-order valence-corrected chi connectivity index (χ2v) is 7.48. The largest absolute Gasteiger partial charge is 0.352 e. The van der Waals surface area contributed by atoms with Crippen molar-refractivity contribution >= 4 is 11.8 Å². The Morgan fingerprint density at radius 2 is 1.67 bits per heavy atom. The highest BCUT2D eigenvalue weighted by Gasteiger charge is 2.31. The van der Waals surface area contributed by atoms with Crippen LogP contribution < -0.4 is 5.32 Å². The molecule has 152 valence electrons. The lowest BCUT2D eigenvalue weighted by Crippen LogP contribution is -2.41. The Labute approximate surface area is 176 Å². The van der Waals surface area contributed by atoms with Crippen LogP contribution in [0.15, 0.2) is 79.1 Å². The van der Waals surface area contributed by atoms with E-state index in [2.05, 4.69) is 34.6 Å². The molecule has 1 aliphatic heterocycles. The van der Waals surface area contributed by atoms with Crippen molar-refractivity contribution in [2.75, 3.05) is 6.54 Å². The Morgan fingerprint density at radius 1 is 0.933 bits per heavy atom. The number of nitrogens with one attached hydrogen (secondary N) is 1. The lowest BCUT2D eigenvalue weighted by molar-refractivity contribution is -0.135. The molecule has 1 atom stereocenters. The van der Waals surface area contributed by atoms with E-state index in [0.717, 1.165) is 17.5 Å². The number of carbonyl (C=O) groups is 2. The topological polar surface area (TPSA) is 62.3 Å². The summed E-state index contributed by atoms with van der Waals surface area (Å²) in [6, 6.07) is 22.0. The number of hydrogen-bond acceptors (Lipinski definition) is 3. The molecule has 5 nitrogen and oxygen atoms in total. The van der Waals surface area contributed by atoms with Gasteiger partial charge in [-0.1, -0.05) is 54.6 Å². The van der Waals surface area contributed by atoms with Crippen LogP contribution in [0.1, 0.15) is 41.1 Å². The molecule has 1 aliphatic rings. The highest BCUT2D eigenvalue weighted by atomic mass is 16.2. The molecule has 3 aromatic rings. The zero-order valence-corrected chi connectivity index (χ0v) is 16.8. The van der Waals surface area contributed by atoms with Gasteiger partial charge < -0.3 is 10.2 Å². The number of fused-ring (bicyclic) bond motifs is 1. The maximum Gasteiger partial charge on any atom is 0.223 e. The molecule has 0 saturated carbocycles. The van der Waals surface area contributed by atoms with Gasteiger partial charge in [0.15, 0.2) is 0 Å². The number of pyridine rings is 1. The van der Waals surface area contributed by atoms with Crippen molar-refractivity contribution < 1.29 is 9.59 Å². The highest BCUT2D eigenvalue weighted by molar-refractivity contribution is 5.84. The fourth-order valence-corrected chi connectivity index (χ4v) is 3.98.